The third-order valence-corrected chi connectivity index (χ3v) is 8.65. The van der Waals surface area contributed by atoms with Gasteiger partial charge in [0, 0.05) is 12.3 Å². The van der Waals surface area contributed by atoms with Gasteiger partial charge in [-0.15, -0.1) is 0 Å². The first-order chi connectivity index (χ1) is 12.7. The number of ether oxygens (including phenoxy) is 1. The highest BCUT2D eigenvalue weighted by Crippen LogP contribution is 2.82. The van der Waals surface area contributed by atoms with Crippen LogP contribution in [0, 0.1) is 45.8 Å². The minimum atomic E-state index is -1.25. The normalized spacial score (nSPS) is 46.9. The summed E-state index contributed by atoms with van der Waals surface area (Å²) in [4.78, 5) is 37.5. The number of carboxylic acid groups (broad SMARTS) is 1. The van der Waals surface area contributed by atoms with Gasteiger partial charge in [-0.1, -0.05) is 38.8 Å². The summed E-state index contributed by atoms with van der Waals surface area (Å²) < 4.78 is 5.51. The molecule has 0 unspecified atom stereocenters. The molecule has 0 heterocycles. The zero-order valence-electron chi connectivity index (χ0n) is 16.7. The van der Waals surface area contributed by atoms with Gasteiger partial charge in [0.05, 0.1) is 12.0 Å². The van der Waals surface area contributed by atoms with E-state index in [1.807, 2.05) is 13.8 Å². The van der Waals surface area contributed by atoms with Crippen LogP contribution in [0.25, 0.3) is 0 Å². The minimum absolute atomic E-state index is 0.0200. The van der Waals surface area contributed by atoms with Crippen LogP contribution in [0.5, 0.6) is 0 Å². The van der Waals surface area contributed by atoms with E-state index in [1.54, 1.807) is 0 Å². The summed E-state index contributed by atoms with van der Waals surface area (Å²) >= 11 is 0. The number of hydrogen-bond donors (Lipinski definition) is 1. The number of aldehydes is 1. The molecular formula is C22H30O5. The molecule has 4 aliphatic rings. The van der Waals surface area contributed by atoms with E-state index in [0.717, 1.165) is 31.1 Å². The zero-order chi connectivity index (χ0) is 19.8. The van der Waals surface area contributed by atoms with Gasteiger partial charge in [0.15, 0.2) is 0 Å². The number of carboxylic acids is 1. The smallest absolute Gasteiger partial charge is 0.315 e. The Morgan fingerprint density at radius 3 is 2.59 bits per heavy atom. The number of esters is 1. The second-order valence-electron chi connectivity index (χ2n) is 9.77. The molecule has 0 radical (unpaired) electrons. The Morgan fingerprint density at radius 2 is 2.04 bits per heavy atom. The molecule has 0 aliphatic heterocycles. The lowest BCUT2D eigenvalue weighted by atomic mass is 9.43. The zero-order valence-corrected chi connectivity index (χ0v) is 16.7. The molecule has 3 saturated carbocycles. The molecule has 4 aliphatic carbocycles. The molecule has 7 atom stereocenters. The molecule has 5 nitrogen and oxygen atoms in total. The average molecular weight is 374 g/mol. The van der Waals surface area contributed by atoms with E-state index in [1.165, 1.54) is 6.92 Å². The SMILES string of the molecule is CC(=O)OC[C@@]12C[C@@H]3[C@H](C)CC[C@H]3[C@@]3(C=O)C[C@@H]1C=C(C(C)C)[C@@]23C(=O)O. The monoisotopic (exact) mass is 374 g/mol. The Balaban J connectivity index is 1.98. The Labute approximate surface area is 160 Å². The highest BCUT2D eigenvalue weighted by Gasteiger charge is 2.84. The maximum Gasteiger partial charge on any atom is 0.315 e. The van der Waals surface area contributed by atoms with Crippen LogP contribution in [0.1, 0.15) is 53.4 Å². The van der Waals surface area contributed by atoms with E-state index >= 15 is 0 Å². The molecule has 0 aromatic rings. The van der Waals surface area contributed by atoms with Gasteiger partial charge < -0.3 is 14.6 Å². The van der Waals surface area contributed by atoms with E-state index in [0.29, 0.717) is 18.3 Å². The Bertz CT molecular complexity index is 739. The number of carbonyl (C=O) groups is 3. The first-order valence-corrected chi connectivity index (χ1v) is 10.2. The van der Waals surface area contributed by atoms with Gasteiger partial charge in [-0.2, -0.15) is 0 Å². The summed E-state index contributed by atoms with van der Waals surface area (Å²) in [6.07, 6.45) is 6.38. The van der Waals surface area contributed by atoms with Gasteiger partial charge in [-0.25, -0.2) is 0 Å². The van der Waals surface area contributed by atoms with Crippen molar-refractivity contribution in [1.82, 2.24) is 0 Å². The second kappa shape index (κ2) is 5.68. The van der Waals surface area contributed by atoms with E-state index in [9.17, 15) is 19.5 Å². The summed E-state index contributed by atoms with van der Waals surface area (Å²) in [5, 5.41) is 10.7. The first-order valence-electron chi connectivity index (χ1n) is 10.2. The van der Waals surface area contributed by atoms with E-state index in [-0.39, 0.29) is 30.3 Å². The van der Waals surface area contributed by atoms with Crippen molar-refractivity contribution in [3.05, 3.63) is 11.6 Å². The van der Waals surface area contributed by atoms with Gasteiger partial charge >= 0.3 is 11.9 Å². The molecular weight excluding hydrogens is 344 g/mol. The molecule has 0 amide bonds. The van der Waals surface area contributed by atoms with Crippen LogP contribution in [0.3, 0.4) is 0 Å². The lowest BCUT2D eigenvalue weighted by Crippen LogP contribution is -2.63. The third-order valence-electron chi connectivity index (χ3n) is 8.65. The van der Waals surface area contributed by atoms with Crippen LogP contribution in [-0.4, -0.2) is 29.9 Å². The number of rotatable bonds is 5. The van der Waals surface area contributed by atoms with Gasteiger partial charge in [-0.05, 0) is 48.9 Å². The third kappa shape index (κ3) is 1.88. The summed E-state index contributed by atoms with van der Waals surface area (Å²) in [5.41, 5.74) is -1.96. The fourth-order valence-electron chi connectivity index (χ4n) is 7.86. The maximum absolute atomic E-state index is 13.1. The first kappa shape index (κ1) is 18.7. The summed E-state index contributed by atoms with van der Waals surface area (Å²) in [6.45, 7) is 7.71. The molecule has 0 aromatic heterocycles. The molecule has 148 valence electrons. The van der Waals surface area contributed by atoms with Crippen molar-refractivity contribution in [2.45, 2.75) is 53.4 Å². The lowest BCUT2D eigenvalue weighted by molar-refractivity contribution is -0.188. The van der Waals surface area contributed by atoms with Crippen molar-refractivity contribution < 1.29 is 24.2 Å². The molecule has 4 rings (SSSR count). The van der Waals surface area contributed by atoms with Crippen LogP contribution in [0.4, 0.5) is 0 Å². The van der Waals surface area contributed by atoms with Crippen LogP contribution in [0.15, 0.2) is 11.6 Å². The quantitative estimate of drug-likeness (QED) is 0.453. The largest absolute Gasteiger partial charge is 0.481 e. The number of allylic oxidation sites excluding steroid dienone is 1. The average Bonchev–Trinajstić information content (AvgIpc) is 3.17. The van der Waals surface area contributed by atoms with Crippen molar-refractivity contribution >= 4 is 18.2 Å². The topological polar surface area (TPSA) is 80.7 Å². The standard InChI is InChI=1S/C22H30O5/c1-12(2)18-7-15-8-20(10-23)17-6-5-13(3)16(17)9-21(15,11-27-14(4)24)22(18,20)19(25)26/h7,10,12-13,15-17H,5-6,8-9,11H2,1-4H3,(H,25,26)/t13-,15+,16-,17-,20+,21+,22+/m1/s1. The van der Waals surface area contributed by atoms with E-state index < -0.39 is 22.2 Å². The number of hydrogen-bond acceptors (Lipinski definition) is 4. The molecule has 3 fully saturated rings. The molecule has 0 spiro atoms. The molecule has 1 N–H and O–H groups in total. The van der Waals surface area contributed by atoms with Crippen molar-refractivity contribution in [3.63, 3.8) is 0 Å². The van der Waals surface area contributed by atoms with Gasteiger partial charge in [-0.3, -0.25) is 9.59 Å². The Kier molecular flexibility index (Phi) is 3.93. The van der Waals surface area contributed by atoms with Crippen molar-refractivity contribution in [2.24, 2.45) is 45.8 Å². The Morgan fingerprint density at radius 1 is 1.33 bits per heavy atom. The summed E-state index contributed by atoms with van der Waals surface area (Å²) in [7, 11) is 0. The van der Waals surface area contributed by atoms with Crippen LogP contribution >= 0.6 is 0 Å². The van der Waals surface area contributed by atoms with Crippen molar-refractivity contribution in [3.8, 4) is 0 Å². The molecule has 27 heavy (non-hydrogen) atoms. The van der Waals surface area contributed by atoms with Crippen molar-refractivity contribution in [2.75, 3.05) is 6.61 Å². The molecule has 0 aromatic carbocycles. The van der Waals surface area contributed by atoms with Gasteiger partial charge in [0.1, 0.15) is 11.7 Å². The fourth-order valence-corrected chi connectivity index (χ4v) is 7.86. The van der Waals surface area contributed by atoms with E-state index in [2.05, 4.69) is 13.0 Å². The minimum Gasteiger partial charge on any atom is -0.481 e. The summed E-state index contributed by atoms with van der Waals surface area (Å²) in [5.74, 6) is -0.370. The summed E-state index contributed by atoms with van der Waals surface area (Å²) in [6, 6.07) is 0. The number of carbonyl (C=O) groups excluding carboxylic acids is 2. The lowest BCUT2D eigenvalue weighted by Gasteiger charge is -2.58. The van der Waals surface area contributed by atoms with Gasteiger partial charge in [0.2, 0.25) is 0 Å². The van der Waals surface area contributed by atoms with Crippen LogP contribution in [0.2, 0.25) is 0 Å². The molecule has 4 bridgehead atoms. The van der Waals surface area contributed by atoms with Crippen LogP contribution < -0.4 is 0 Å². The van der Waals surface area contributed by atoms with Crippen molar-refractivity contribution in [1.29, 1.82) is 0 Å². The molecule has 0 saturated heterocycles. The number of aliphatic carboxylic acids is 1. The highest BCUT2D eigenvalue weighted by atomic mass is 16.5. The number of fused-ring (bicyclic) bond motifs is 2. The predicted molar refractivity (Wildman–Crippen MR) is 98.7 cm³/mol. The fraction of sp³-hybridized carbons (Fsp3) is 0.773. The Hall–Kier alpha value is -1.65. The highest BCUT2D eigenvalue weighted by molar-refractivity contribution is 5.90. The van der Waals surface area contributed by atoms with E-state index in [4.69, 9.17) is 4.74 Å². The predicted octanol–water partition coefficient (Wildman–Crippen LogP) is 3.47. The van der Waals surface area contributed by atoms with Gasteiger partial charge in [0.25, 0.3) is 0 Å². The second-order valence-corrected chi connectivity index (χ2v) is 9.77. The maximum atomic E-state index is 13.1. The molecule has 5 heteroatoms. The van der Waals surface area contributed by atoms with Crippen LogP contribution in [-0.2, 0) is 19.1 Å².